The molecule has 0 spiro atoms. The van der Waals surface area contributed by atoms with Crippen molar-refractivity contribution in [2.45, 2.75) is 6.92 Å². The van der Waals surface area contributed by atoms with Gasteiger partial charge in [-0.2, -0.15) is 0 Å². The van der Waals surface area contributed by atoms with Crippen molar-refractivity contribution in [1.29, 1.82) is 0 Å². The van der Waals surface area contributed by atoms with Gasteiger partial charge >= 0.3 is 0 Å². The Morgan fingerprint density at radius 1 is 1.41 bits per heavy atom. The van der Waals surface area contributed by atoms with Gasteiger partial charge in [-0.3, -0.25) is 4.79 Å². The minimum atomic E-state index is -3.40. The first-order valence-electron chi connectivity index (χ1n) is 5.20. The topological polar surface area (TPSA) is 89.3 Å². The van der Waals surface area contributed by atoms with Gasteiger partial charge in [0.05, 0.1) is 5.75 Å². The van der Waals surface area contributed by atoms with Crippen molar-refractivity contribution < 1.29 is 13.2 Å². The fourth-order valence-electron chi connectivity index (χ4n) is 1.37. The third kappa shape index (κ3) is 4.97. The molecule has 3 N–H and O–H groups in total. The summed E-state index contributed by atoms with van der Waals surface area (Å²) in [6.07, 6.45) is 0. The van der Waals surface area contributed by atoms with E-state index in [0.717, 1.165) is 5.56 Å². The van der Waals surface area contributed by atoms with Crippen molar-refractivity contribution in [1.82, 2.24) is 0 Å². The fraction of sp³-hybridized carbons (Fsp3) is 0.364. The van der Waals surface area contributed by atoms with Crippen LogP contribution in [0.15, 0.2) is 24.3 Å². The predicted molar refractivity (Wildman–Crippen MR) is 67.5 cm³/mol. The van der Waals surface area contributed by atoms with Crippen LogP contribution in [0.2, 0.25) is 0 Å². The summed E-state index contributed by atoms with van der Waals surface area (Å²) >= 11 is 0. The third-order valence-corrected chi connectivity index (χ3v) is 3.64. The Morgan fingerprint density at radius 3 is 2.71 bits per heavy atom. The van der Waals surface area contributed by atoms with Crippen molar-refractivity contribution >= 4 is 21.4 Å². The maximum atomic E-state index is 11.5. The fourth-order valence-corrected chi connectivity index (χ4v) is 2.35. The van der Waals surface area contributed by atoms with Gasteiger partial charge in [-0.15, -0.1) is 0 Å². The second-order valence-electron chi connectivity index (χ2n) is 3.80. The number of amides is 1. The molecule has 1 amide bonds. The zero-order valence-corrected chi connectivity index (χ0v) is 10.5. The van der Waals surface area contributed by atoms with Gasteiger partial charge in [0.2, 0.25) is 5.91 Å². The van der Waals surface area contributed by atoms with Crippen LogP contribution in [-0.4, -0.2) is 32.4 Å². The molecule has 0 aliphatic rings. The molecular weight excluding hydrogens is 240 g/mol. The summed E-state index contributed by atoms with van der Waals surface area (Å²) in [4.78, 5) is 11.5. The minimum absolute atomic E-state index is 0.0278. The molecule has 0 heterocycles. The van der Waals surface area contributed by atoms with Gasteiger partial charge in [0.25, 0.3) is 0 Å². The average molecular weight is 256 g/mol. The first kappa shape index (κ1) is 13.7. The quantitative estimate of drug-likeness (QED) is 0.793. The molecule has 0 fully saturated rings. The van der Waals surface area contributed by atoms with E-state index in [-0.39, 0.29) is 12.3 Å². The van der Waals surface area contributed by atoms with Gasteiger partial charge in [0.15, 0.2) is 9.84 Å². The molecule has 17 heavy (non-hydrogen) atoms. The smallest absolute Gasteiger partial charge is 0.239 e. The predicted octanol–water partition coefficient (Wildman–Crippen LogP) is 0.307. The van der Waals surface area contributed by atoms with Crippen LogP contribution in [-0.2, 0) is 14.6 Å². The SMILES string of the molecule is Cc1cccc(NC(=O)CS(=O)(=O)CCN)c1. The van der Waals surface area contributed by atoms with Crippen LogP contribution >= 0.6 is 0 Å². The molecule has 0 unspecified atom stereocenters. The van der Waals surface area contributed by atoms with E-state index in [0.29, 0.717) is 5.69 Å². The molecule has 5 nitrogen and oxygen atoms in total. The van der Waals surface area contributed by atoms with Crippen LogP contribution in [0.1, 0.15) is 5.56 Å². The lowest BCUT2D eigenvalue weighted by atomic mass is 10.2. The van der Waals surface area contributed by atoms with Gasteiger partial charge < -0.3 is 11.1 Å². The Morgan fingerprint density at radius 2 is 2.12 bits per heavy atom. The first-order chi connectivity index (χ1) is 7.93. The molecule has 1 rings (SSSR count). The number of nitrogens with two attached hydrogens (primary N) is 1. The highest BCUT2D eigenvalue weighted by Gasteiger charge is 2.15. The number of nitrogens with one attached hydrogen (secondary N) is 1. The van der Waals surface area contributed by atoms with Gasteiger partial charge in [-0.1, -0.05) is 12.1 Å². The van der Waals surface area contributed by atoms with Gasteiger partial charge in [0, 0.05) is 12.2 Å². The van der Waals surface area contributed by atoms with E-state index < -0.39 is 21.5 Å². The second kappa shape index (κ2) is 5.79. The van der Waals surface area contributed by atoms with E-state index in [1.54, 1.807) is 18.2 Å². The monoisotopic (exact) mass is 256 g/mol. The lowest BCUT2D eigenvalue weighted by Crippen LogP contribution is -2.27. The Kier molecular flexibility index (Phi) is 4.65. The van der Waals surface area contributed by atoms with Crippen molar-refractivity contribution in [3.63, 3.8) is 0 Å². The number of rotatable bonds is 5. The van der Waals surface area contributed by atoms with Gasteiger partial charge in [-0.05, 0) is 24.6 Å². The molecule has 6 heteroatoms. The molecule has 0 radical (unpaired) electrons. The highest BCUT2D eigenvalue weighted by Crippen LogP contribution is 2.09. The minimum Gasteiger partial charge on any atom is -0.329 e. The Hall–Kier alpha value is -1.40. The molecule has 0 atom stereocenters. The zero-order valence-electron chi connectivity index (χ0n) is 9.64. The molecule has 0 aliphatic carbocycles. The number of carbonyl (C=O) groups excluding carboxylic acids is 1. The number of carbonyl (C=O) groups is 1. The molecule has 0 saturated heterocycles. The molecule has 0 saturated carbocycles. The number of hydrogen-bond acceptors (Lipinski definition) is 4. The first-order valence-corrected chi connectivity index (χ1v) is 7.02. The summed E-state index contributed by atoms with van der Waals surface area (Å²) in [5.74, 6) is -1.24. The van der Waals surface area contributed by atoms with E-state index in [4.69, 9.17) is 5.73 Å². The van der Waals surface area contributed by atoms with Crippen molar-refractivity contribution in [3.05, 3.63) is 29.8 Å². The number of aryl methyl sites for hydroxylation is 1. The van der Waals surface area contributed by atoms with Crippen LogP contribution in [0.4, 0.5) is 5.69 Å². The molecule has 94 valence electrons. The van der Waals surface area contributed by atoms with Gasteiger partial charge in [-0.25, -0.2) is 8.42 Å². The third-order valence-electron chi connectivity index (χ3n) is 2.08. The summed E-state index contributed by atoms with van der Waals surface area (Å²) in [5.41, 5.74) is 6.74. The Labute approximate surface area is 101 Å². The molecule has 1 aromatic rings. The normalized spacial score (nSPS) is 11.2. The van der Waals surface area contributed by atoms with Crippen LogP contribution in [0.3, 0.4) is 0 Å². The summed E-state index contributed by atoms with van der Waals surface area (Å²) in [6, 6.07) is 7.16. The number of sulfone groups is 1. The van der Waals surface area contributed by atoms with E-state index in [2.05, 4.69) is 5.32 Å². The standard InChI is InChI=1S/C11H16N2O3S/c1-9-3-2-4-10(7-9)13-11(14)8-17(15,16)6-5-12/h2-4,7H,5-6,8,12H2,1H3,(H,13,14). The average Bonchev–Trinajstić information content (AvgIpc) is 2.15. The zero-order chi connectivity index (χ0) is 12.9. The highest BCUT2D eigenvalue weighted by molar-refractivity contribution is 7.92. The van der Waals surface area contributed by atoms with Gasteiger partial charge in [0.1, 0.15) is 5.75 Å². The lowest BCUT2D eigenvalue weighted by Gasteiger charge is -2.06. The maximum Gasteiger partial charge on any atom is 0.239 e. The van der Waals surface area contributed by atoms with Crippen molar-refractivity contribution in [2.24, 2.45) is 5.73 Å². The lowest BCUT2D eigenvalue weighted by molar-refractivity contribution is -0.113. The summed E-state index contributed by atoms with van der Waals surface area (Å²) in [6.45, 7) is 1.92. The van der Waals surface area contributed by atoms with Crippen molar-refractivity contribution in [2.75, 3.05) is 23.4 Å². The Bertz CT molecular complexity index is 497. The van der Waals surface area contributed by atoms with Crippen LogP contribution in [0.5, 0.6) is 0 Å². The van der Waals surface area contributed by atoms with Crippen LogP contribution in [0, 0.1) is 6.92 Å². The summed E-state index contributed by atoms with van der Waals surface area (Å²) in [5, 5.41) is 2.54. The number of anilines is 1. The largest absolute Gasteiger partial charge is 0.329 e. The number of benzene rings is 1. The maximum absolute atomic E-state index is 11.5. The van der Waals surface area contributed by atoms with E-state index in [1.807, 2.05) is 13.0 Å². The Balaban J connectivity index is 2.62. The molecule has 0 aliphatic heterocycles. The van der Waals surface area contributed by atoms with E-state index in [1.165, 1.54) is 0 Å². The molecule has 1 aromatic carbocycles. The van der Waals surface area contributed by atoms with E-state index >= 15 is 0 Å². The van der Waals surface area contributed by atoms with Crippen LogP contribution < -0.4 is 11.1 Å². The summed E-state index contributed by atoms with van der Waals surface area (Å²) in [7, 11) is -3.40. The molecule has 0 bridgehead atoms. The molecular formula is C11H16N2O3S. The second-order valence-corrected chi connectivity index (χ2v) is 5.98. The van der Waals surface area contributed by atoms with Crippen LogP contribution in [0.25, 0.3) is 0 Å². The summed E-state index contributed by atoms with van der Waals surface area (Å²) < 4.78 is 22.7. The van der Waals surface area contributed by atoms with E-state index in [9.17, 15) is 13.2 Å². The molecule has 0 aromatic heterocycles. The van der Waals surface area contributed by atoms with Crippen molar-refractivity contribution in [3.8, 4) is 0 Å². The highest BCUT2D eigenvalue weighted by atomic mass is 32.2. The number of hydrogen-bond donors (Lipinski definition) is 2.